The molecule has 25 heavy (non-hydrogen) atoms. The maximum Gasteiger partial charge on any atom is 0.330 e. The molecule has 0 aliphatic heterocycles. The topological polar surface area (TPSA) is 121 Å². The molecule has 3 aromatic rings. The van der Waals surface area contributed by atoms with Crippen molar-refractivity contribution >= 4 is 23.2 Å². The molecule has 8 heteroatoms. The standard InChI is InChI=1S/C17H16N4O4/c1-2-9-21-15-13(16(24)20-17(21)25)18-14(19-15)11-6-3-10(4-7-11)5-8-12(22)23/h3-8H,2,9H2,1H3,(H,18,19)(H,22,23)(H,20,24,25). The summed E-state index contributed by atoms with van der Waals surface area (Å²) in [4.78, 5) is 44.1. The smallest absolute Gasteiger partial charge is 0.330 e. The number of carboxylic acid groups (broad SMARTS) is 1. The highest BCUT2D eigenvalue weighted by Crippen LogP contribution is 2.19. The number of hydrogen-bond donors (Lipinski definition) is 3. The molecule has 0 aliphatic rings. The maximum atomic E-state index is 12.0. The van der Waals surface area contributed by atoms with Crippen molar-refractivity contribution in [2.75, 3.05) is 0 Å². The summed E-state index contributed by atoms with van der Waals surface area (Å²) in [5.74, 6) is -0.556. The van der Waals surface area contributed by atoms with Crippen molar-refractivity contribution < 1.29 is 9.90 Å². The molecule has 0 radical (unpaired) electrons. The third-order valence-electron chi connectivity index (χ3n) is 3.69. The molecule has 0 spiro atoms. The van der Waals surface area contributed by atoms with Crippen LogP contribution < -0.4 is 11.2 Å². The fraction of sp³-hybridized carbons (Fsp3) is 0.176. The van der Waals surface area contributed by atoms with Crippen molar-refractivity contribution in [2.24, 2.45) is 0 Å². The van der Waals surface area contributed by atoms with Crippen LogP contribution in [0, 0.1) is 0 Å². The number of benzene rings is 1. The number of imidazole rings is 1. The van der Waals surface area contributed by atoms with Crippen LogP contribution in [0.4, 0.5) is 0 Å². The first-order valence-electron chi connectivity index (χ1n) is 7.74. The Bertz CT molecular complexity index is 1070. The van der Waals surface area contributed by atoms with Gasteiger partial charge in [0.1, 0.15) is 11.5 Å². The zero-order chi connectivity index (χ0) is 18.0. The quantitative estimate of drug-likeness (QED) is 0.609. The fourth-order valence-electron chi connectivity index (χ4n) is 2.54. The molecule has 3 N–H and O–H groups in total. The Labute approximate surface area is 141 Å². The molecule has 0 fully saturated rings. The van der Waals surface area contributed by atoms with Crippen LogP contribution in [0.25, 0.3) is 28.6 Å². The summed E-state index contributed by atoms with van der Waals surface area (Å²) < 4.78 is 1.46. The lowest BCUT2D eigenvalue weighted by molar-refractivity contribution is -0.131. The average molecular weight is 340 g/mol. The van der Waals surface area contributed by atoms with Gasteiger partial charge in [-0.15, -0.1) is 0 Å². The minimum Gasteiger partial charge on any atom is -0.478 e. The highest BCUT2D eigenvalue weighted by atomic mass is 16.4. The number of H-pyrrole nitrogens is 2. The van der Waals surface area contributed by atoms with Gasteiger partial charge in [-0.2, -0.15) is 0 Å². The summed E-state index contributed by atoms with van der Waals surface area (Å²) in [5, 5.41) is 8.64. The van der Waals surface area contributed by atoms with Gasteiger partial charge in [0, 0.05) is 18.2 Å². The average Bonchev–Trinajstić information content (AvgIpc) is 3.03. The molecule has 1 aromatic carbocycles. The van der Waals surface area contributed by atoms with Crippen molar-refractivity contribution in [2.45, 2.75) is 19.9 Å². The Morgan fingerprint density at radius 3 is 2.60 bits per heavy atom. The van der Waals surface area contributed by atoms with E-state index in [4.69, 9.17) is 5.11 Å². The van der Waals surface area contributed by atoms with E-state index in [1.807, 2.05) is 6.92 Å². The lowest BCUT2D eigenvalue weighted by atomic mass is 10.1. The van der Waals surface area contributed by atoms with Crippen LogP contribution in [0.2, 0.25) is 0 Å². The van der Waals surface area contributed by atoms with Crippen LogP contribution in [-0.4, -0.2) is 30.6 Å². The fourth-order valence-corrected chi connectivity index (χ4v) is 2.54. The molecule has 128 valence electrons. The maximum absolute atomic E-state index is 12.0. The second-order valence-electron chi connectivity index (χ2n) is 5.49. The van der Waals surface area contributed by atoms with E-state index in [0.29, 0.717) is 18.0 Å². The summed E-state index contributed by atoms with van der Waals surface area (Å²) >= 11 is 0. The van der Waals surface area contributed by atoms with Crippen molar-refractivity contribution in [1.29, 1.82) is 0 Å². The number of rotatable bonds is 5. The summed E-state index contributed by atoms with van der Waals surface area (Å²) in [5.41, 5.74) is 1.01. The van der Waals surface area contributed by atoms with Gasteiger partial charge in [0.25, 0.3) is 5.56 Å². The number of aromatic nitrogens is 4. The van der Waals surface area contributed by atoms with Gasteiger partial charge in [-0.3, -0.25) is 14.3 Å². The SMILES string of the molecule is CCCn1c(=O)[nH]c(=O)c2nc(-c3ccc(C=CC(=O)O)cc3)[nH]c21. The minimum atomic E-state index is -1.02. The van der Waals surface area contributed by atoms with Crippen molar-refractivity contribution in [1.82, 2.24) is 19.5 Å². The van der Waals surface area contributed by atoms with Crippen LogP contribution in [-0.2, 0) is 11.3 Å². The van der Waals surface area contributed by atoms with E-state index in [1.165, 1.54) is 10.6 Å². The molecule has 2 aromatic heterocycles. The third kappa shape index (κ3) is 3.27. The molecule has 0 saturated carbocycles. The van der Waals surface area contributed by atoms with Gasteiger partial charge in [0.15, 0.2) is 5.52 Å². The largest absolute Gasteiger partial charge is 0.478 e. The van der Waals surface area contributed by atoms with Crippen molar-refractivity contribution in [3.63, 3.8) is 0 Å². The molecule has 0 atom stereocenters. The van der Waals surface area contributed by atoms with Gasteiger partial charge in [0.2, 0.25) is 0 Å². The first-order chi connectivity index (χ1) is 12.0. The molecule has 0 amide bonds. The van der Waals surface area contributed by atoms with Crippen LogP contribution in [0.5, 0.6) is 0 Å². The van der Waals surface area contributed by atoms with Gasteiger partial charge >= 0.3 is 11.7 Å². The lowest BCUT2D eigenvalue weighted by Gasteiger charge is -2.03. The number of carbonyl (C=O) groups is 1. The first kappa shape index (κ1) is 16.4. The molecule has 0 unspecified atom stereocenters. The molecular formula is C17H16N4O4. The van der Waals surface area contributed by atoms with E-state index in [-0.39, 0.29) is 5.52 Å². The lowest BCUT2D eigenvalue weighted by Crippen LogP contribution is -2.30. The van der Waals surface area contributed by atoms with Gasteiger partial charge in [0.05, 0.1) is 0 Å². The second kappa shape index (κ2) is 6.60. The number of fused-ring (bicyclic) bond motifs is 1. The number of nitrogens with zero attached hydrogens (tertiary/aromatic N) is 2. The summed E-state index contributed by atoms with van der Waals surface area (Å²) in [6.45, 7) is 2.40. The van der Waals surface area contributed by atoms with Crippen LogP contribution in [0.1, 0.15) is 18.9 Å². The molecule has 3 rings (SSSR count). The zero-order valence-electron chi connectivity index (χ0n) is 13.4. The number of aliphatic carboxylic acids is 1. The highest BCUT2D eigenvalue weighted by Gasteiger charge is 2.13. The van der Waals surface area contributed by atoms with Gasteiger partial charge in [-0.1, -0.05) is 31.2 Å². The van der Waals surface area contributed by atoms with E-state index in [2.05, 4.69) is 15.0 Å². The summed E-state index contributed by atoms with van der Waals surface area (Å²) in [6, 6.07) is 7.00. The number of nitrogens with one attached hydrogen (secondary N) is 2. The van der Waals surface area contributed by atoms with Gasteiger partial charge < -0.3 is 10.1 Å². The van der Waals surface area contributed by atoms with Crippen LogP contribution in [0.3, 0.4) is 0 Å². The van der Waals surface area contributed by atoms with E-state index < -0.39 is 17.2 Å². The Hall–Kier alpha value is -3.42. The van der Waals surface area contributed by atoms with Crippen molar-refractivity contribution in [3.05, 3.63) is 56.7 Å². The highest BCUT2D eigenvalue weighted by molar-refractivity contribution is 5.85. The summed E-state index contributed by atoms with van der Waals surface area (Å²) in [6.07, 6.45) is 3.27. The second-order valence-corrected chi connectivity index (χ2v) is 5.49. The number of hydrogen-bond acceptors (Lipinski definition) is 4. The normalized spacial score (nSPS) is 11.4. The predicted molar refractivity (Wildman–Crippen MR) is 93.4 cm³/mol. The number of aryl methyl sites for hydroxylation is 1. The first-order valence-corrected chi connectivity index (χ1v) is 7.74. The Morgan fingerprint density at radius 1 is 1.24 bits per heavy atom. The molecule has 2 heterocycles. The number of carboxylic acids is 1. The van der Waals surface area contributed by atoms with Gasteiger partial charge in [-0.05, 0) is 18.1 Å². The predicted octanol–water partition coefficient (Wildman–Crippen LogP) is 1.59. The third-order valence-corrected chi connectivity index (χ3v) is 3.69. The van der Waals surface area contributed by atoms with E-state index in [1.54, 1.807) is 24.3 Å². The summed E-state index contributed by atoms with van der Waals surface area (Å²) in [7, 11) is 0. The van der Waals surface area contributed by atoms with E-state index >= 15 is 0 Å². The Kier molecular flexibility index (Phi) is 4.34. The monoisotopic (exact) mass is 340 g/mol. The zero-order valence-corrected chi connectivity index (χ0v) is 13.4. The molecule has 0 saturated heterocycles. The van der Waals surface area contributed by atoms with Crippen LogP contribution >= 0.6 is 0 Å². The van der Waals surface area contributed by atoms with Gasteiger partial charge in [-0.25, -0.2) is 14.6 Å². The van der Waals surface area contributed by atoms with E-state index in [0.717, 1.165) is 23.6 Å². The van der Waals surface area contributed by atoms with Crippen molar-refractivity contribution in [3.8, 4) is 11.4 Å². The van der Waals surface area contributed by atoms with Crippen LogP contribution in [0.15, 0.2) is 39.9 Å². The molecule has 0 bridgehead atoms. The molecule has 0 aliphatic carbocycles. The Balaban J connectivity index is 2.06. The Morgan fingerprint density at radius 2 is 1.96 bits per heavy atom. The molecular weight excluding hydrogens is 324 g/mol. The minimum absolute atomic E-state index is 0.179. The number of aromatic amines is 2. The molecule has 8 nitrogen and oxygen atoms in total. The van der Waals surface area contributed by atoms with E-state index in [9.17, 15) is 14.4 Å².